The summed E-state index contributed by atoms with van der Waals surface area (Å²) in [6.07, 6.45) is 3.30. The highest BCUT2D eigenvalue weighted by Crippen LogP contribution is 2.63. The fourth-order valence-corrected chi connectivity index (χ4v) is 5.15. The van der Waals surface area contributed by atoms with E-state index in [9.17, 15) is 5.11 Å². The van der Waals surface area contributed by atoms with Gasteiger partial charge in [0, 0.05) is 18.3 Å². The first-order valence-electron chi connectivity index (χ1n) is 7.68. The summed E-state index contributed by atoms with van der Waals surface area (Å²) in [5, 5.41) is 10.1. The molecule has 0 aromatic carbocycles. The molecule has 3 saturated heterocycles. The van der Waals surface area contributed by atoms with E-state index in [2.05, 4.69) is 13.8 Å². The first kappa shape index (κ1) is 12.6. The van der Waals surface area contributed by atoms with Crippen molar-refractivity contribution < 1.29 is 19.3 Å². The first-order valence-corrected chi connectivity index (χ1v) is 7.68. The molecule has 8 atom stereocenters. The summed E-state index contributed by atoms with van der Waals surface area (Å²) in [6, 6.07) is 0. The van der Waals surface area contributed by atoms with Crippen molar-refractivity contribution >= 4 is 0 Å². The molecule has 0 aromatic rings. The van der Waals surface area contributed by atoms with Crippen LogP contribution in [0.25, 0.3) is 0 Å². The Morgan fingerprint density at radius 2 is 1.89 bits per heavy atom. The standard InChI is InChI=1S/C15H24O4/c1-8-4-5-11-9(2)12(16)17-13-15(11)10(8)6-7-14(3,18-13)19-15/h8-13,16H,4-7H2,1-3H3/t8-,9-,10-,11-,12-,13+,14+,15-/m1/s1. The molecule has 1 spiro atoms. The maximum Gasteiger partial charge on any atom is 0.193 e. The second-order valence-electron chi connectivity index (χ2n) is 7.23. The van der Waals surface area contributed by atoms with Crippen LogP contribution in [-0.2, 0) is 14.2 Å². The predicted molar refractivity (Wildman–Crippen MR) is 68.0 cm³/mol. The Morgan fingerprint density at radius 3 is 2.68 bits per heavy atom. The van der Waals surface area contributed by atoms with Crippen LogP contribution >= 0.6 is 0 Å². The number of rotatable bonds is 0. The molecule has 0 unspecified atom stereocenters. The third-order valence-corrected chi connectivity index (χ3v) is 6.15. The van der Waals surface area contributed by atoms with Gasteiger partial charge in [-0.3, -0.25) is 0 Å². The molecule has 4 nitrogen and oxygen atoms in total. The van der Waals surface area contributed by atoms with Gasteiger partial charge >= 0.3 is 0 Å². The summed E-state index contributed by atoms with van der Waals surface area (Å²) in [5.74, 6) is 1.11. The van der Waals surface area contributed by atoms with E-state index in [-0.39, 0.29) is 17.8 Å². The Kier molecular flexibility index (Phi) is 2.47. The first-order chi connectivity index (χ1) is 8.96. The summed E-state index contributed by atoms with van der Waals surface area (Å²) in [6.45, 7) is 6.43. The normalized spacial score (nSPS) is 63.8. The lowest BCUT2D eigenvalue weighted by atomic mass is 9.57. The molecule has 19 heavy (non-hydrogen) atoms. The lowest BCUT2D eigenvalue weighted by Gasteiger charge is -2.57. The van der Waals surface area contributed by atoms with Crippen LogP contribution in [0.1, 0.15) is 46.5 Å². The number of fused-ring (bicyclic) bond motifs is 1. The van der Waals surface area contributed by atoms with Crippen molar-refractivity contribution in [2.24, 2.45) is 23.7 Å². The molecule has 1 aliphatic carbocycles. The van der Waals surface area contributed by atoms with Gasteiger partial charge in [-0.25, -0.2) is 0 Å². The van der Waals surface area contributed by atoms with Crippen molar-refractivity contribution in [2.75, 3.05) is 0 Å². The predicted octanol–water partition coefficient (Wildman–Crippen LogP) is 2.26. The van der Waals surface area contributed by atoms with Gasteiger partial charge in [-0.05, 0) is 38.0 Å². The lowest BCUT2D eigenvalue weighted by molar-refractivity contribution is -0.326. The number of aliphatic hydroxyl groups excluding tert-OH is 1. The quantitative estimate of drug-likeness (QED) is 0.732. The number of hydrogen-bond acceptors (Lipinski definition) is 4. The van der Waals surface area contributed by atoms with Gasteiger partial charge in [0.25, 0.3) is 0 Å². The van der Waals surface area contributed by atoms with Gasteiger partial charge in [0.15, 0.2) is 18.4 Å². The van der Waals surface area contributed by atoms with Crippen molar-refractivity contribution in [3.63, 3.8) is 0 Å². The van der Waals surface area contributed by atoms with Crippen LogP contribution in [0.15, 0.2) is 0 Å². The van der Waals surface area contributed by atoms with E-state index in [4.69, 9.17) is 14.2 Å². The van der Waals surface area contributed by atoms with E-state index in [0.717, 1.165) is 19.3 Å². The molecule has 4 heteroatoms. The van der Waals surface area contributed by atoms with E-state index in [1.807, 2.05) is 6.92 Å². The van der Waals surface area contributed by atoms with Gasteiger partial charge in [0.05, 0.1) is 0 Å². The van der Waals surface area contributed by atoms with E-state index in [1.165, 1.54) is 6.42 Å². The molecule has 1 saturated carbocycles. The average molecular weight is 268 g/mol. The Bertz CT molecular complexity index is 400. The average Bonchev–Trinajstić information content (AvgIpc) is 2.56. The summed E-state index contributed by atoms with van der Waals surface area (Å²) in [4.78, 5) is 0. The molecule has 0 radical (unpaired) electrons. The minimum absolute atomic E-state index is 0.121. The SMILES string of the molecule is C[C@H]1[C@H](O)O[C@H]2O[C@]3(C)CC[C@@H]4[C@H](C)CC[C@H]1[C@@]24O3. The van der Waals surface area contributed by atoms with Crippen LogP contribution < -0.4 is 0 Å². The number of aliphatic hydroxyl groups is 1. The Balaban J connectivity index is 1.81. The van der Waals surface area contributed by atoms with Crippen molar-refractivity contribution in [2.45, 2.75) is 70.4 Å². The largest absolute Gasteiger partial charge is 0.368 e. The van der Waals surface area contributed by atoms with Gasteiger partial charge < -0.3 is 19.3 Å². The molecule has 4 fully saturated rings. The highest BCUT2D eigenvalue weighted by atomic mass is 16.9. The van der Waals surface area contributed by atoms with Crippen LogP contribution in [0.4, 0.5) is 0 Å². The zero-order valence-electron chi connectivity index (χ0n) is 12.0. The Morgan fingerprint density at radius 1 is 1.11 bits per heavy atom. The maximum atomic E-state index is 10.1. The molecule has 4 aliphatic rings. The van der Waals surface area contributed by atoms with Crippen LogP contribution in [0.2, 0.25) is 0 Å². The van der Waals surface area contributed by atoms with Crippen molar-refractivity contribution in [3.05, 3.63) is 0 Å². The zero-order valence-corrected chi connectivity index (χ0v) is 12.0. The van der Waals surface area contributed by atoms with E-state index < -0.39 is 12.1 Å². The van der Waals surface area contributed by atoms with Gasteiger partial charge in [0.1, 0.15) is 5.60 Å². The molecule has 0 aromatic heterocycles. The van der Waals surface area contributed by atoms with Crippen LogP contribution in [0.3, 0.4) is 0 Å². The molecular weight excluding hydrogens is 244 g/mol. The molecule has 2 bridgehead atoms. The van der Waals surface area contributed by atoms with Crippen LogP contribution in [0, 0.1) is 23.7 Å². The number of ether oxygens (including phenoxy) is 3. The summed E-state index contributed by atoms with van der Waals surface area (Å²) in [7, 11) is 0. The van der Waals surface area contributed by atoms with Crippen molar-refractivity contribution in [1.29, 1.82) is 0 Å². The third-order valence-electron chi connectivity index (χ3n) is 6.15. The second-order valence-corrected chi connectivity index (χ2v) is 7.23. The zero-order chi connectivity index (χ0) is 13.4. The summed E-state index contributed by atoms with van der Waals surface area (Å²) < 4.78 is 18.3. The Labute approximate surface area is 114 Å². The molecule has 108 valence electrons. The van der Waals surface area contributed by atoms with E-state index in [1.54, 1.807) is 0 Å². The smallest absolute Gasteiger partial charge is 0.193 e. The topological polar surface area (TPSA) is 47.9 Å². The van der Waals surface area contributed by atoms with Crippen molar-refractivity contribution in [3.8, 4) is 0 Å². The molecule has 1 N–H and O–H groups in total. The maximum absolute atomic E-state index is 10.1. The lowest BCUT2D eigenvalue weighted by Crippen LogP contribution is -2.66. The molecule has 3 aliphatic heterocycles. The molecule has 3 heterocycles. The van der Waals surface area contributed by atoms with Gasteiger partial charge in [0.2, 0.25) is 0 Å². The van der Waals surface area contributed by atoms with Crippen LogP contribution in [0.5, 0.6) is 0 Å². The highest BCUT2D eigenvalue weighted by molar-refractivity contribution is 5.12. The number of hydrogen-bond donors (Lipinski definition) is 1. The molecule has 0 amide bonds. The fourth-order valence-electron chi connectivity index (χ4n) is 5.15. The monoisotopic (exact) mass is 268 g/mol. The minimum atomic E-state index is -0.721. The summed E-state index contributed by atoms with van der Waals surface area (Å²) >= 11 is 0. The van der Waals surface area contributed by atoms with E-state index in [0.29, 0.717) is 17.8 Å². The van der Waals surface area contributed by atoms with Gasteiger partial charge in [-0.15, -0.1) is 0 Å². The fraction of sp³-hybridized carbons (Fsp3) is 1.00. The van der Waals surface area contributed by atoms with E-state index >= 15 is 0 Å². The molecule has 4 rings (SSSR count). The van der Waals surface area contributed by atoms with Gasteiger partial charge in [-0.1, -0.05) is 13.8 Å². The Hall–Kier alpha value is -0.160. The van der Waals surface area contributed by atoms with Crippen molar-refractivity contribution in [1.82, 2.24) is 0 Å². The van der Waals surface area contributed by atoms with Gasteiger partial charge in [-0.2, -0.15) is 0 Å². The minimum Gasteiger partial charge on any atom is -0.368 e. The van der Waals surface area contributed by atoms with Crippen LogP contribution in [-0.4, -0.2) is 29.1 Å². The highest BCUT2D eigenvalue weighted by Gasteiger charge is 2.71. The molecular formula is C15H24O4. The summed E-state index contributed by atoms with van der Waals surface area (Å²) in [5.41, 5.74) is -0.316. The second kappa shape index (κ2) is 3.73. The third kappa shape index (κ3) is 1.44.